The van der Waals surface area contributed by atoms with Gasteiger partial charge in [0.2, 0.25) is 17.0 Å². The molecular formula is C16H15N7OS2. The number of nitrogens with one attached hydrogen (secondary N) is 2. The Morgan fingerprint density at radius 1 is 1.27 bits per heavy atom. The number of thiophene rings is 1. The average molecular weight is 385 g/mol. The van der Waals surface area contributed by atoms with Gasteiger partial charge in [-0.15, -0.1) is 21.5 Å². The van der Waals surface area contributed by atoms with E-state index in [1.807, 2.05) is 41.8 Å². The van der Waals surface area contributed by atoms with Crippen molar-refractivity contribution in [3.63, 3.8) is 0 Å². The van der Waals surface area contributed by atoms with Crippen molar-refractivity contribution in [2.45, 2.75) is 11.6 Å². The molecule has 0 aliphatic carbocycles. The molecule has 0 bridgehead atoms. The molecule has 3 heterocycles. The van der Waals surface area contributed by atoms with Gasteiger partial charge < -0.3 is 10.8 Å². The molecule has 8 nitrogen and oxygen atoms in total. The van der Waals surface area contributed by atoms with E-state index in [-0.39, 0.29) is 11.7 Å². The first-order valence-corrected chi connectivity index (χ1v) is 9.65. The maximum Gasteiger partial charge on any atom is 0.237 e. The highest BCUT2D eigenvalue weighted by Gasteiger charge is 2.14. The van der Waals surface area contributed by atoms with Crippen LogP contribution in [0.25, 0.3) is 11.0 Å². The van der Waals surface area contributed by atoms with E-state index in [4.69, 9.17) is 5.84 Å². The minimum atomic E-state index is -0.197. The topological polar surface area (TPSA) is 115 Å². The SMILES string of the molecule is Nn1c(Cc2cccs2)nnc1SCC(=O)Nc1nc2ccccc2[nH]1. The summed E-state index contributed by atoms with van der Waals surface area (Å²) in [5.74, 6) is 7.08. The Balaban J connectivity index is 1.36. The summed E-state index contributed by atoms with van der Waals surface area (Å²) in [7, 11) is 0. The van der Waals surface area contributed by atoms with Crippen LogP contribution in [-0.2, 0) is 11.2 Å². The van der Waals surface area contributed by atoms with Gasteiger partial charge in [0.25, 0.3) is 0 Å². The first-order chi connectivity index (χ1) is 12.7. The smallest absolute Gasteiger partial charge is 0.237 e. The lowest BCUT2D eigenvalue weighted by molar-refractivity contribution is -0.113. The van der Waals surface area contributed by atoms with Gasteiger partial charge in [-0.3, -0.25) is 10.1 Å². The van der Waals surface area contributed by atoms with Gasteiger partial charge in [-0.25, -0.2) is 9.66 Å². The number of fused-ring (bicyclic) bond motifs is 1. The predicted octanol–water partition coefficient (Wildman–Crippen LogP) is 2.25. The summed E-state index contributed by atoms with van der Waals surface area (Å²) >= 11 is 2.87. The van der Waals surface area contributed by atoms with Crippen LogP contribution < -0.4 is 11.2 Å². The van der Waals surface area contributed by atoms with Gasteiger partial charge in [0.05, 0.1) is 16.8 Å². The molecular weight excluding hydrogens is 370 g/mol. The monoisotopic (exact) mass is 385 g/mol. The van der Waals surface area contributed by atoms with Crippen molar-refractivity contribution in [2.75, 3.05) is 16.9 Å². The molecule has 26 heavy (non-hydrogen) atoms. The Hall–Kier alpha value is -2.85. The van der Waals surface area contributed by atoms with Crippen molar-refractivity contribution < 1.29 is 4.79 Å². The number of aromatic nitrogens is 5. The van der Waals surface area contributed by atoms with E-state index in [1.165, 1.54) is 16.4 Å². The molecule has 0 fully saturated rings. The largest absolute Gasteiger partial charge is 0.336 e. The molecule has 10 heteroatoms. The molecule has 4 rings (SSSR count). The fraction of sp³-hybridized carbons (Fsp3) is 0.125. The van der Waals surface area contributed by atoms with Crippen molar-refractivity contribution in [1.29, 1.82) is 0 Å². The fourth-order valence-electron chi connectivity index (χ4n) is 2.41. The van der Waals surface area contributed by atoms with Crippen molar-refractivity contribution in [3.05, 3.63) is 52.5 Å². The third-order valence-electron chi connectivity index (χ3n) is 3.63. The van der Waals surface area contributed by atoms with E-state index < -0.39 is 0 Å². The predicted molar refractivity (Wildman–Crippen MR) is 103 cm³/mol. The molecule has 3 aromatic heterocycles. The van der Waals surface area contributed by atoms with Crippen LogP contribution in [0.1, 0.15) is 10.7 Å². The Morgan fingerprint density at radius 2 is 2.15 bits per heavy atom. The molecule has 4 N–H and O–H groups in total. The zero-order valence-corrected chi connectivity index (χ0v) is 15.2. The Labute approximate surface area is 156 Å². The number of aromatic amines is 1. The van der Waals surface area contributed by atoms with Gasteiger partial charge in [-0.1, -0.05) is 30.0 Å². The molecule has 0 atom stereocenters. The summed E-state index contributed by atoms with van der Waals surface area (Å²) in [5.41, 5.74) is 1.67. The van der Waals surface area contributed by atoms with Crippen LogP contribution in [0.2, 0.25) is 0 Å². The molecule has 132 valence electrons. The third kappa shape index (κ3) is 3.55. The Bertz CT molecular complexity index is 1010. The second kappa shape index (κ2) is 7.18. The Morgan fingerprint density at radius 3 is 2.96 bits per heavy atom. The highest BCUT2D eigenvalue weighted by atomic mass is 32.2. The van der Waals surface area contributed by atoms with Crippen LogP contribution >= 0.6 is 23.1 Å². The highest BCUT2D eigenvalue weighted by Crippen LogP contribution is 2.19. The molecule has 0 saturated carbocycles. The van der Waals surface area contributed by atoms with Crippen LogP contribution in [0.4, 0.5) is 5.95 Å². The number of hydrogen-bond donors (Lipinski definition) is 3. The van der Waals surface area contributed by atoms with Gasteiger partial charge in [-0.2, -0.15) is 0 Å². The minimum absolute atomic E-state index is 0.158. The number of carbonyl (C=O) groups is 1. The van der Waals surface area contributed by atoms with Crippen LogP contribution in [0.15, 0.2) is 46.9 Å². The standard InChI is InChI=1S/C16H15N7OS2/c17-23-13(8-10-4-3-7-25-10)21-22-16(23)26-9-14(24)20-15-18-11-5-1-2-6-12(11)19-15/h1-7H,8-9,17H2,(H2,18,19,20,24). The molecule has 0 spiro atoms. The number of carbonyl (C=O) groups excluding carboxylic acids is 1. The lowest BCUT2D eigenvalue weighted by Crippen LogP contribution is -2.17. The third-order valence-corrected chi connectivity index (χ3v) is 5.45. The van der Waals surface area contributed by atoms with Crippen molar-refractivity contribution in [1.82, 2.24) is 24.8 Å². The number of imidazole rings is 1. The van der Waals surface area contributed by atoms with Gasteiger partial charge in [0.1, 0.15) is 0 Å². The van der Waals surface area contributed by atoms with Gasteiger partial charge in [0.15, 0.2) is 5.82 Å². The van der Waals surface area contributed by atoms with Gasteiger partial charge in [0, 0.05) is 11.3 Å². The Kier molecular flexibility index (Phi) is 4.59. The molecule has 0 aliphatic rings. The lowest BCUT2D eigenvalue weighted by atomic mass is 10.3. The van der Waals surface area contributed by atoms with E-state index in [0.717, 1.165) is 15.9 Å². The van der Waals surface area contributed by atoms with E-state index in [2.05, 4.69) is 25.5 Å². The zero-order chi connectivity index (χ0) is 17.9. The molecule has 1 amide bonds. The molecule has 0 radical (unpaired) electrons. The van der Waals surface area contributed by atoms with Gasteiger partial charge in [-0.05, 0) is 23.6 Å². The number of anilines is 1. The highest BCUT2D eigenvalue weighted by molar-refractivity contribution is 7.99. The first kappa shape index (κ1) is 16.6. The molecule has 1 aromatic carbocycles. The number of rotatable bonds is 6. The maximum absolute atomic E-state index is 12.1. The normalized spacial score (nSPS) is 11.1. The van der Waals surface area contributed by atoms with Crippen LogP contribution in [0.3, 0.4) is 0 Å². The molecule has 0 saturated heterocycles. The zero-order valence-electron chi connectivity index (χ0n) is 13.5. The average Bonchev–Trinajstić information content (AvgIpc) is 3.35. The first-order valence-electron chi connectivity index (χ1n) is 7.78. The molecule has 0 unspecified atom stereocenters. The van der Waals surface area contributed by atoms with Crippen LogP contribution in [-0.4, -0.2) is 36.5 Å². The van der Waals surface area contributed by atoms with Crippen molar-refractivity contribution >= 4 is 46.0 Å². The number of nitrogen functional groups attached to an aromatic ring is 1. The van der Waals surface area contributed by atoms with E-state index >= 15 is 0 Å². The molecule has 0 aliphatic heterocycles. The molecule has 4 aromatic rings. The summed E-state index contributed by atoms with van der Waals surface area (Å²) < 4.78 is 1.43. The quantitative estimate of drug-likeness (QED) is 0.346. The summed E-state index contributed by atoms with van der Waals surface area (Å²) in [5, 5.41) is 13.4. The minimum Gasteiger partial charge on any atom is -0.336 e. The number of thioether (sulfide) groups is 1. The second-order valence-electron chi connectivity index (χ2n) is 5.46. The van der Waals surface area contributed by atoms with Gasteiger partial charge >= 0.3 is 0 Å². The number of amides is 1. The number of hydrogen-bond acceptors (Lipinski definition) is 7. The fourth-order valence-corrected chi connectivity index (χ4v) is 3.78. The van der Waals surface area contributed by atoms with Crippen LogP contribution in [0.5, 0.6) is 0 Å². The van der Waals surface area contributed by atoms with Crippen LogP contribution in [0, 0.1) is 0 Å². The van der Waals surface area contributed by atoms with E-state index in [9.17, 15) is 4.79 Å². The lowest BCUT2D eigenvalue weighted by Gasteiger charge is -2.03. The number of nitrogens with two attached hydrogens (primary N) is 1. The van der Waals surface area contributed by atoms with Crippen molar-refractivity contribution in [2.24, 2.45) is 0 Å². The second-order valence-corrected chi connectivity index (χ2v) is 7.44. The summed E-state index contributed by atoms with van der Waals surface area (Å²) in [6.07, 6.45) is 0.618. The number of benzene rings is 1. The summed E-state index contributed by atoms with van der Waals surface area (Å²) in [6, 6.07) is 11.6. The summed E-state index contributed by atoms with van der Waals surface area (Å²) in [6.45, 7) is 0. The maximum atomic E-state index is 12.1. The number of H-pyrrole nitrogens is 1. The van der Waals surface area contributed by atoms with Crippen molar-refractivity contribution in [3.8, 4) is 0 Å². The van der Waals surface area contributed by atoms with E-state index in [1.54, 1.807) is 11.3 Å². The number of nitrogens with zero attached hydrogens (tertiary/aromatic N) is 4. The van der Waals surface area contributed by atoms with E-state index in [0.29, 0.717) is 23.4 Å². The summed E-state index contributed by atoms with van der Waals surface area (Å²) in [4.78, 5) is 20.7. The number of para-hydroxylation sites is 2.